The third-order valence-corrected chi connectivity index (χ3v) is 6.77. The molecule has 4 aliphatic heterocycles. The maximum Gasteiger partial charge on any atom is 0.275 e. The third kappa shape index (κ3) is 2.73. The van der Waals surface area contributed by atoms with Crippen LogP contribution < -0.4 is 0 Å². The first-order valence-corrected chi connectivity index (χ1v) is 9.95. The van der Waals surface area contributed by atoms with E-state index >= 15 is 0 Å². The van der Waals surface area contributed by atoms with Crippen molar-refractivity contribution in [1.82, 2.24) is 14.8 Å². The number of pyridine rings is 1. The summed E-state index contributed by atoms with van der Waals surface area (Å²) in [7, 11) is 0. The van der Waals surface area contributed by atoms with E-state index in [0.717, 1.165) is 38.2 Å². The van der Waals surface area contributed by atoms with Crippen LogP contribution in [0.5, 0.6) is 0 Å². The number of halogens is 2. The van der Waals surface area contributed by atoms with Crippen LogP contribution in [0.15, 0.2) is 36.5 Å². The quantitative estimate of drug-likeness (QED) is 0.798. The van der Waals surface area contributed by atoms with Crippen LogP contribution in [0.4, 0.5) is 8.78 Å². The molecule has 4 nitrogen and oxygen atoms in total. The summed E-state index contributed by atoms with van der Waals surface area (Å²) in [5.74, 6) is -1.45. The molecule has 0 saturated carbocycles. The van der Waals surface area contributed by atoms with E-state index in [4.69, 9.17) is 0 Å². The number of hydrogen-bond donors (Lipinski definition) is 0. The van der Waals surface area contributed by atoms with E-state index < -0.39 is 17.5 Å². The van der Waals surface area contributed by atoms with Gasteiger partial charge in [0.15, 0.2) is 11.5 Å². The molecule has 2 aromatic rings. The lowest BCUT2D eigenvalue weighted by molar-refractivity contribution is -0.00373. The highest BCUT2D eigenvalue weighted by Gasteiger charge is 2.55. The van der Waals surface area contributed by atoms with Gasteiger partial charge in [-0.3, -0.25) is 9.69 Å². The molecule has 1 aromatic carbocycles. The second kappa shape index (κ2) is 6.62. The lowest BCUT2D eigenvalue weighted by Crippen LogP contribution is -2.60. The number of rotatable bonds is 2. The van der Waals surface area contributed by atoms with Gasteiger partial charge in [-0.2, -0.15) is 0 Å². The monoisotopic (exact) mass is 383 g/mol. The number of aryl methyl sites for hydroxylation is 1. The van der Waals surface area contributed by atoms with Crippen LogP contribution in [-0.2, 0) is 0 Å². The Kier molecular flexibility index (Phi) is 4.19. The number of nitrogens with zero attached hydrogens (tertiary/aromatic N) is 3. The largest absolute Gasteiger partial charge is 0.332 e. The van der Waals surface area contributed by atoms with E-state index in [2.05, 4.69) is 41.1 Å². The molecule has 6 heteroatoms. The molecule has 3 atom stereocenters. The lowest BCUT2D eigenvalue weighted by atomic mass is 9.75. The molecule has 6 rings (SSSR count). The van der Waals surface area contributed by atoms with E-state index in [0.29, 0.717) is 12.5 Å². The Morgan fingerprint density at radius 2 is 1.82 bits per heavy atom. The zero-order valence-corrected chi connectivity index (χ0v) is 15.8. The molecule has 146 valence electrons. The van der Waals surface area contributed by atoms with E-state index in [9.17, 15) is 13.6 Å². The van der Waals surface area contributed by atoms with E-state index in [1.807, 2.05) is 4.90 Å². The topological polar surface area (TPSA) is 36.4 Å². The summed E-state index contributed by atoms with van der Waals surface area (Å²) < 4.78 is 27.5. The molecule has 2 bridgehead atoms. The Labute approximate surface area is 163 Å². The fourth-order valence-electron chi connectivity index (χ4n) is 5.47. The van der Waals surface area contributed by atoms with Gasteiger partial charge in [0.1, 0.15) is 5.82 Å². The maximum atomic E-state index is 14.3. The highest BCUT2D eigenvalue weighted by molar-refractivity contribution is 5.93. The Balaban J connectivity index is 1.53. The SMILES string of the molecule is Cc1ccc([C@H]2CN(C(=O)c3ncc(F)cc3F)[C@@H]3C4CCN(CC4)[C@H]23)cc1. The van der Waals surface area contributed by atoms with Crippen LogP contribution in [0, 0.1) is 24.5 Å². The van der Waals surface area contributed by atoms with Crippen LogP contribution in [0.1, 0.15) is 40.4 Å². The molecule has 4 saturated heterocycles. The number of hydrogen-bond acceptors (Lipinski definition) is 3. The van der Waals surface area contributed by atoms with Gasteiger partial charge in [-0.15, -0.1) is 0 Å². The van der Waals surface area contributed by atoms with E-state index in [-0.39, 0.29) is 23.7 Å². The second-order valence-corrected chi connectivity index (χ2v) is 8.31. The number of benzene rings is 1. The summed E-state index contributed by atoms with van der Waals surface area (Å²) in [5, 5.41) is 0. The molecule has 0 spiro atoms. The van der Waals surface area contributed by atoms with E-state index in [1.54, 1.807) is 0 Å². The number of likely N-dealkylation sites (tertiary alicyclic amines) is 1. The normalized spacial score (nSPS) is 31.1. The van der Waals surface area contributed by atoms with E-state index in [1.165, 1.54) is 11.1 Å². The number of carbonyl (C=O) groups excluding carboxylic acids is 1. The number of carbonyl (C=O) groups is 1. The molecular formula is C22H23F2N3O. The zero-order valence-electron chi connectivity index (χ0n) is 15.8. The minimum Gasteiger partial charge on any atom is -0.332 e. The van der Waals surface area contributed by atoms with Gasteiger partial charge in [0, 0.05) is 24.6 Å². The van der Waals surface area contributed by atoms with Crippen molar-refractivity contribution in [3.05, 3.63) is 65.0 Å². The Hall–Kier alpha value is -2.34. The van der Waals surface area contributed by atoms with Crippen LogP contribution in [0.25, 0.3) is 0 Å². The molecule has 1 amide bonds. The first kappa shape index (κ1) is 17.7. The fraction of sp³-hybridized carbons (Fsp3) is 0.455. The Morgan fingerprint density at radius 1 is 1.11 bits per heavy atom. The molecule has 28 heavy (non-hydrogen) atoms. The fourth-order valence-corrected chi connectivity index (χ4v) is 5.47. The van der Waals surface area contributed by atoms with Crippen molar-refractivity contribution < 1.29 is 13.6 Å². The molecule has 4 fully saturated rings. The number of amides is 1. The van der Waals surface area contributed by atoms with Crippen LogP contribution >= 0.6 is 0 Å². The highest BCUT2D eigenvalue weighted by Crippen LogP contribution is 2.47. The van der Waals surface area contributed by atoms with Crippen LogP contribution in [-0.4, -0.2) is 52.4 Å². The van der Waals surface area contributed by atoms with Gasteiger partial charge >= 0.3 is 0 Å². The summed E-state index contributed by atoms with van der Waals surface area (Å²) in [6.45, 7) is 4.72. The van der Waals surface area contributed by atoms with Gasteiger partial charge in [-0.1, -0.05) is 29.8 Å². The smallest absolute Gasteiger partial charge is 0.275 e. The number of fused-ring (bicyclic) bond motifs is 2. The van der Waals surface area contributed by atoms with Crippen molar-refractivity contribution in [2.45, 2.75) is 37.8 Å². The number of aromatic nitrogens is 1. The van der Waals surface area contributed by atoms with Gasteiger partial charge < -0.3 is 4.90 Å². The zero-order chi connectivity index (χ0) is 19.4. The summed E-state index contributed by atoms with van der Waals surface area (Å²) in [4.78, 5) is 21.3. The van der Waals surface area contributed by atoms with Crippen molar-refractivity contribution in [3.63, 3.8) is 0 Å². The molecule has 5 heterocycles. The minimum atomic E-state index is -0.887. The Bertz CT molecular complexity index is 908. The number of piperidine rings is 3. The summed E-state index contributed by atoms with van der Waals surface area (Å²) in [6, 6.07) is 9.55. The van der Waals surface area contributed by atoms with Crippen molar-refractivity contribution in [3.8, 4) is 0 Å². The first-order chi connectivity index (χ1) is 13.5. The van der Waals surface area contributed by atoms with Gasteiger partial charge in [-0.25, -0.2) is 13.8 Å². The molecule has 4 aliphatic rings. The van der Waals surface area contributed by atoms with Gasteiger partial charge in [-0.05, 0) is 44.3 Å². The summed E-state index contributed by atoms with van der Waals surface area (Å²) in [5.41, 5.74) is 2.14. The van der Waals surface area contributed by atoms with Gasteiger partial charge in [0.25, 0.3) is 5.91 Å². The van der Waals surface area contributed by atoms with Crippen molar-refractivity contribution in [2.75, 3.05) is 19.6 Å². The molecule has 1 aromatic heterocycles. The molecule has 0 N–H and O–H groups in total. The standard InChI is InChI=1S/C22H23F2N3O/c1-13-2-4-14(5-3-13)17-12-27(20-15-6-8-26(9-7-15)21(17)20)22(28)19-18(24)10-16(23)11-25-19/h2-5,10-11,15,17,20-21H,6-9,12H2,1H3/t17-,20-,21-/m1/s1. The average Bonchev–Trinajstić information content (AvgIpc) is 3.12. The van der Waals surface area contributed by atoms with Gasteiger partial charge in [0.2, 0.25) is 0 Å². The summed E-state index contributed by atoms with van der Waals surface area (Å²) >= 11 is 0. The third-order valence-electron chi connectivity index (χ3n) is 6.77. The van der Waals surface area contributed by atoms with Crippen LogP contribution in [0.2, 0.25) is 0 Å². The van der Waals surface area contributed by atoms with Gasteiger partial charge in [0.05, 0.1) is 12.2 Å². The molecule has 0 radical (unpaired) electrons. The van der Waals surface area contributed by atoms with Crippen molar-refractivity contribution >= 4 is 5.91 Å². The van der Waals surface area contributed by atoms with Crippen molar-refractivity contribution in [1.29, 1.82) is 0 Å². The second-order valence-electron chi connectivity index (χ2n) is 8.31. The molecule has 0 unspecified atom stereocenters. The maximum absolute atomic E-state index is 14.3. The molecule has 0 aliphatic carbocycles. The van der Waals surface area contributed by atoms with Crippen LogP contribution in [0.3, 0.4) is 0 Å². The van der Waals surface area contributed by atoms with Crippen molar-refractivity contribution in [2.24, 2.45) is 5.92 Å². The highest BCUT2D eigenvalue weighted by atomic mass is 19.1. The average molecular weight is 383 g/mol. The predicted octanol–water partition coefficient (Wildman–Crippen LogP) is 3.37. The first-order valence-electron chi connectivity index (χ1n) is 9.95. The molecular weight excluding hydrogens is 360 g/mol. The predicted molar refractivity (Wildman–Crippen MR) is 101 cm³/mol. The lowest BCUT2D eigenvalue weighted by Gasteiger charge is -2.51. The Morgan fingerprint density at radius 3 is 2.50 bits per heavy atom. The minimum absolute atomic E-state index is 0.0626. The summed E-state index contributed by atoms with van der Waals surface area (Å²) in [6.07, 6.45) is 3.04.